The number of hydrogen-bond donors (Lipinski definition) is 1. The van der Waals surface area contributed by atoms with E-state index in [-0.39, 0.29) is 18.1 Å². The van der Waals surface area contributed by atoms with Gasteiger partial charge in [-0.3, -0.25) is 9.89 Å². The average molecular weight is 407 g/mol. The van der Waals surface area contributed by atoms with E-state index in [0.29, 0.717) is 17.5 Å². The average Bonchev–Trinajstić information content (AvgIpc) is 3.23. The van der Waals surface area contributed by atoms with E-state index in [1.165, 1.54) is 11.8 Å². The molecule has 3 rings (SSSR count). The van der Waals surface area contributed by atoms with Crippen molar-refractivity contribution < 1.29 is 9.53 Å². The van der Waals surface area contributed by atoms with Gasteiger partial charge < -0.3 is 9.64 Å². The number of nitrogens with zero attached hydrogens (tertiary/aromatic N) is 4. The quantitative estimate of drug-likeness (QED) is 0.570. The number of hydrogen-bond acceptors (Lipinski definition) is 6. The van der Waals surface area contributed by atoms with Crippen LogP contribution in [0, 0.1) is 18.3 Å². The van der Waals surface area contributed by atoms with Crippen LogP contribution in [0.25, 0.3) is 11.4 Å². The minimum absolute atomic E-state index is 0.0927. The third kappa shape index (κ3) is 5.36. The molecular weight excluding hydrogens is 386 g/mol. The van der Waals surface area contributed by atoms with Crippen molar-refractivity contribution in [2.45, 2.75) is 18.5 Å². The van der Waals surface area contributed by atoms with Crippen LogP contribution in [-0.4, -0.2) is 40.5 Å². The summed E-state index contributed by atoms with van der Waals surface area (Å²) in [6.45, 7) is 2.34. The first-order valence-corrected chi connectivity index (χ1v) is 10.0. The predicted molar refractivity (Wildman–Crippen MR) is 113 cm³/mol. The Balaban J connectivity index is 1.65. The number of ether oxygens (including phenoxy) is 1. The first kappa shape index (κ1) is 20.4. The molecule has 1 aromatic heterocycles. The predicted octanol–water partition coefficient (Wildman–Crippen LogP) is 3.83. The van der Waals surface area contributed by atoms with Crippen LogP contribution >= 0.6 is 11.8 Å². The Morgan fingerprint density at radius 3 is 2.59 bits per heavy atom. The summed E-state index contributed by atoms with van der Waals surface area (Å²) in [7, 11) is 1.62. The Labute approximate surface area is 173 Å². The van der Waals surface area contributed by atoms with Crippen LogP contribution in [0.1, 0.15) is 12.0 Å². The normalized spacial score (nSPS) is 10.4. The number of aryl methyl sites for hydroxylation is 1. The van der Waals surface area contributed by atoms with Crippen LogP contribution in [0.3, 0.4) is 0 Å². The van der Waals surface area contributed by atoms with Gasteiger partial charge in [-0.25, -0.2) is 4.98 Å². The number of thioether (sulfide) groups is 1. The molecule has 8 heteroatoms. The molecule has 7 nitrogen and oxygen atoms in total. The number of carbonyl (C=O) groups excluding carboxylic acids is 1. The molecule has 0 unspecified atom stereocenters. The number of nitrogens with one attached hydrogen (secondary N) is 1. The highest BCUT2D eigenvalue weighted by atomic mass is 32.2. The van der Waals surface area contributed by atoms with Crippen molar-refractivity contribution in [1.29, 1.82) is 5.26 Å². The van der Waals surface area contributed by atoms with Crippen LogP contribution in [0.15, 0.2) is 53.7 Å². The maximum atomic E-state index is 12.8. The summed E-state index contributed by atoms with van der Waals surface area (Å²) in [5, 5.41) is 16.5. The number of H-pyrrole nitrogens is 1. The molecule has 0 saturated heterocycles. The van der Waals surface area contributed by atoms with Gasteiger partial charge in [-0.15, -0.1) is 5.10 Å². The second-order valence-electron chi connectivity index (χ2n) is 6.27. The summed E-state index contributed by atoms with van der Waals surface area (Å²) < 4.78 is 5.16. The molecule has 0 aliphatic rings. The van der Waals surface area contributed by atoms with E-state index in [1.54, 1.807) is 12.0 Å². The lowest BCUT2D eigenvalue weighted by molar-refractivity contribution is -0.116. The Bertz CT molecular complexity index is 993. The number of nitriles is 1. The molecule has 1 N–H and O–H groups in total. The van der Waals surface area contributed by atoms with Gasteiger partial charge >= 0.3 is 0 Å². The lowest BCUT2D eigenvalue weighted by atomic mass is 10.2. The molecule has 0 atom stereocenters. The zero-order valence-corrected chi connectivity index (χ0v) is 17.1. The van der Waals surface area contributed by atoms with Crippen LogP contribution in [0.5, 0.6) is 5.75 Å². The molecule has 29 heavy (non-hydrogen) atoms. The van der Waals surface area contributed by atoms with Crippen molar-refractivity contribution >= 4 is 23.4 Å². The van der Waals surface area contributed by atoms with Gasteiger partial charge in [-0.05, 0) is 43.3 Å². The molecule has 0 bridgehead atoms. The van der Waals surface area contributed by atoms with Gasteiger partial charge in [-0.2, -0.15) is 5.26 Å². The largest absolute Gasteiger partial charge is 0.497 e. The fourth-order valence-electron chi connectivity index (χ4n) is 2.68. The van der Waals surface area contributed by atoms with Crippen LogP contribution < -0.4 is 9.64 Å². The van der Waals surface area contributed by atoms with E-state index in [4.69, 9.17) is 10.00 Å². The maximum absolute atomic E-state index is 12.8. The van der Waals surface area contributed by atoms with Crippen LogP contribution in [0.2, 0.25) is 0 Å². The number of amides is 1. The third-order valence-electron chi connectivity index (χ3n) is 4.25. The molecule has 148 valence electrons. The molecule has 0 spiro atoms. The zero-order chi connectivity index (χ0) is 20.6. The van der Waals surface area contributed by atoms with Crippen LogP contribution in [-0.2, 0) is 4.79 Å². The highest BCUT2D eigenvalue weighted by Gasteiger charge is 2.17. The summed E-state index contributed by atoms with van der Waals surface area (Å²) in [6.07, 6.45) is 0.270. The third-order valence-corrected chi connectivity index (χ3v) is 5.08. The van der Waals surface area contributed by atoms with Gasteiger partial charge in [0.15, 0.2) is 5.82 Å². The minimum atomic E-state index is -0.0927. The summed E-state index contributed by atoms with van der Waals surface area (Å²) in [4.78, 5) is 18.8. The standard InChI is InChI=1S/C21H21N5O2S/c1-15-4-8-17(9-5-15)26(13-3-12-22)19(27)14-29-21-23-20(24-25-21)16-6-10-18(28-2)11-7-16/h4-11H,3,13-14H2,1-2H3,(H,23,24,25). The van der Waals surface area contributed by atoms with E-state index < -0.39 is 0 Å². The van der Waals surface area contributed by atoms with Crippen molar-refractivity contribution in [3.05, 3.63) is 54.1 Å². The molecular formula is C21H21N5O2S. The number of carbonyl (C=O) groups is 1. The lowest BCUT2D eigenvalue weighted by Crippen LogP contribution is -2.33. The molecule has 0 aliphatic carbocycles. The van der Waals surface area contributed by atoms with Gasteiger partial charge in [0.25, 0.3) is 0 Å². The highest BCUT2D eigenvalue weighted by molar-refractivity contribution is 7.99. The van der Waals surface area contributed by atoms with Crippen molar-refractivity contribution in [3.63, 3.8) is 0 Å². The van der Waals surface area contributed by atoms with Crippen LogP contribution in [0.4, 0.5) is 5.69 Å². The van der Waals surface area contributed by atoms with E-state index in [9.17, 15) is 4.79 Å². The first-order valence-electron chi connectivity index (χ1n) is 9.04. The summed E-state index contributed by atoms with van der Waals surface area (Å²) in [6, 6.07) is 17.3. The maximum Gasteiger partial charge on any atom is 0.237 e. The number of anilines is 1. The van der Waals surface area contributed by atoms with Crippen molar-refractivity contribution in [2.24, 2.45) is 0 Å². The molecule has 2 aromatic carbocycles. The second-order valence-corrected chi connectivity index (χ2v) is 7.22. The van der Waals surface area contributed by atoms with Gasteiger partial charge in [0, 0.05) is 17.8 Å². The Hall–Kier alpha value is -3.31. The SMILES string of the molecule is COc1ccc(-c2nc(SCC(=O)N(CCC#N)c3ccc(C)cc3)n[nH]2)cc1. The van der Waals surface area contributed by atoms with Crippen molar-refractivity contribution in [2.75, 3.05) is 24.3 Å². The fourth-order valence-corrected chi connectivity index (χ4v) is 3.35. The van der Waals surface area contributed by atoms with Gasteiger partial charge in [0.1, 0.15) is 5.75 Å². The second kappa shape index (κ2) is 9.75. The van der Waals surface area contributed by atoms with E-state index in [1.807, 2.05) is 55.5 Å². The molecule has 1 heterocycles. The molecule has 1 amide bonds. The Morgan fingerprint density at radius 2 is 1.93 bits per heavy atom. The molecule has 0 saturated carbocycles. The molecule has 0 aliphatic heterocycles. The molecule has 0 radical (unpaired) electrons. The van der Waals surface area contributed by atoms with Gasteiger partial charge in [-0.1, -0.05) is 29.5 Å². The summed E-state index contributed by atoms with van der Waals surface area (Å²) in [5.74, 6) is 1.48. The smallest absolute Gasteiger partial charge is 0.237 e. The monoisotopic (exact) mass is 407 g/mol. The van der Waals surface area contributed by atoms with Gasteiger partial charge in [0.05, 0.1) is 25.4 Å². The van der Waals surface area contributed by atoms with E-state index in [2.05, 4.69) is 21.3 Å². The molecule has 0 fully saturated rings. The van der Waals surface area contributed by atoms with Crippen molar-refractivity contribution in [3.8, 4) is 23.2 Å². The topological polar surface area (TPSA) is 94.9 Å². The van der Waals surface area contributed by atoms with E-state index >= 15 is 0 Å². The Kier molecular flexibility index (Phi) is 6.87. The van der Waals surface area contributed by atoms with E-state index in [0.717, 1.165) is 22.6 Å². The van der Waals surface area contributed by atoms with Gasteiger partial charge in [0.2, 0.25) is 11.1 Å². The van der Waals surface area contributed by atoms with Crippen molar-refractivity contribution in [1.82, 2.24) is 15.2 Å². The number of benzene rings is 2. The highest BCUT2D eigenvalue weighted by Crippen LogP contribution is 2.23. The number of aromatic amines is 1. The molecule has 3 aromatic rings. The number of aromatic nitrogens is 3. The number of rotatable bonds is 8. The first-order chi connectivity index (χ1) is 14.1. The lowest BCUT2D eigenvalue weighted by Gasteiger charge is -2.21. The number of methoxy groups -OCH3 is 1. The fraction of sp³-hybridized carbons (Fsp3) is 0.238. The summed E-state index contributed by atoms with van der Waals surface area (Å²) >= 11 is 1.26. The summed E-state index contributed by atoms with van der Waals surface area (Å²) in [5.41, 5.74) is 2.78. The Morgan fingerprint density at radius 1 is 1.21 bits per heavy atom. The zero-order valence-electron chi connectivity index (χ0n) is 16.3. The minimum Gasteiger partial charge on any atom is -0.497 e.